The second-order valence-corrected chi connectivity index (χ2v) is 5.47. The standard InChI is InChI=1S/C17H28N4O2/c1-18-17(19-9-6-14-22-2)21-12-10-20(11-13-21)15-7-4-5-8-16(15)23-3/h4-5,7-8H,6,9-14H2,1-3H3,(H,18,19). The van der Waals surface area contributed by atoms with E-state index in [1.807, 2.05) is 19.2 Å². The van der Waals surface area contributed by atoms with Crippen LogP contribution in [0, 0.1) is 0 Å². The van der Waals surface area contributed by atoms with Gasteiger partial charge in [0, 0.05) is 53.5 Å². The van der Waals surface area contributed by atoms with Crippen molar-refractivity contribution in [1.82, 2.24) is 10.2 Å². The number of methoxy groups -OCH3 is 2. The molecule has 0 spiro atoms. The maximum Gasteiger partial charge on any atom is 0.193 e. The summed E-state index contributed by atoms with van der Waals surface area (Å²) >= 11 is 0. The van der Waals surface area contributed by atoms with Gasteiger partial charge < -0.3 is 24.6 Å². The van der Waals surface area contributed by atoms with Crippen molar-refractivity contribution in [1.29, 1.82) is 0 Å². The molecule has 0 saturated carbocycles. The molecule has 1 aliphatic rings. The molecule has 1 aromatic rings. The van der Waals surface area contributed by atoms with Gasteiger partial charge in [0.15, 0.2) is 5.96 Å². The maximum absolute atomic E-state index is 5.47. The van der Waals surface area contributed by atoms with Crippen LogP contribution >= 0.6 is 0 Å². The number of nitrogens with zero attached hydrogens (tertiary/aromatic N) is 3. The molecule has 0 radical (unpaired) electrons. The van der Waals surface area contributed by atoms with E-state index in [9.17, 15) is 0 Å². The Morgan fingerprint density at radius 2 is 1.91 bits per heavy atom. The zero-order chi connectivity index (χ0) is 16.5. The highest BCUT2D eigenvalue weighted by Gasteiger charge is 2.21. The molecule has 1 aromatic carbocycles. The summed E-state index contributed by atoms with van der Waals surface area (Å²) in [5.41, 5.74) is 1.16. The highest BCUT2D eigenvalue weighted by Crippen LogP contribution is 2.28. The summed E-state index contributed by atoms with van der Waals surface area (Å²) in [5, 5.41) is 3.40. The van der Waals surface area contributed by atoms with Gasteiger partial charge in [-0.25, -0.2) is 0 Å². The number of nitrogens with one attached hydrogen (secondary N) is 1. The van der Waals surface area contributed by atoms with E-state index in [0.29, 0.717) is 0 Å². The summed E-state index contributed by atoms with van der Waals surface area (Å²) in [4.78, 5) is 9.06. The molecular weight excluding hydrogens is 292 g/mol. The van der Waals surface area contributed by atoms with Crippen molar-refractivity contribution in [2.45, 2.75) is 6.42 Å². The van der Waals surface area contributed by atoms with Crippen molar-refractivity contribution >= 4 is 11.6 Å². The number of rotatable bonds is 6. The predicted molar refractivity (Wildman–Crippen MR) is 94.6 cm³/mol. The number of para-hydroxylation sites is 2. The lowest BCUT2D eigenvalue weighted by Crippen LogP contribution is -2.52. The van der Waals surface area contributed by atoms with E-state index in [2.05, 4.69) is 32.2 Å². The molecule has 6 nitrogen and oxygen atoms in total. The third kappa shape index (κ3) is 4.76. The minimum atomic E-state index is 0.769. The van der Waals surface area contributed by atoms with Gasteiger partial charge in [0.05, 0.1) is 12.8 Å². The molecule has 0 aromatic heterocycles. The normalized spacial score (nSPS) is 15.7. The molecule has 128 valence electrons. The van der Waals surface area contributed by atoms with E-state index < -0.39 is 0 Å². The molecule has 1 heterocycles. The number of anilines is 1. The molecule has 6 heteroatoms. The largest absolute Gasteiger partial charge is 0.495 e. The van der Waals surface area contributed by atoms with Crippen LogP contribution in [0.5, 0.6) is 5.75 Å². The van der Waals surface area contributed by atoms with Crippen molar-refractivity contribution in [3.63, 3.8) is 0 Å². The number of benzene rings is 1. The van der Waals surface area contributed by atoms with Gasteiger partial charge in [-0.15, -0.1) is 0 Å². The summed E-state index contributed by atoms with van der Waals surface area (Å²) in [7, 11) is 5.29. The van der Waals surface area contributed by atoms with Crippen LogP contribution in [0.15, 0.2) is 29.3 Å². The van der Waals surface area contributed by atoms with Gasteiger partial charge in [0.2, 0.25) is 0 Å². The van der Waals surface area contributed by atoms with Crippen LogP contribution < -0.4 is 15.0 Å². The number of piperazine rings is 1. The summed E-state index contributed by atoms with van der Waals surface area (Å²) in [6.45, 7) is 5.46. The van der Waals surface area contributed by atoms with E-state index in [0.717, 1.165) is 63.1 Å². The Labute approximate surface area is 139 Å². The average molecular weight is 320 g/mol. The Balaban J connectivity index is 1.87. The van der Waals surface area contributed by atoms with Crippen LogP contribution in [-0.4, -0.2) is 71.5 Å². The molecule has 2 rings (SSSR count). The average Bonchev–Trinajstić information content (AvgIpc) is 2.62. The van der Waals surface area contributed by atoms with Crippen molar-refractivity contribution in [2.24, 2.45) is 4.99 Å². The zero-order valence-electron chi connectivity index (χ0n) is 14.4. The zero-order valence-corrected chi connectivity index (χ0v) is 14.4. The number of aliphatic imine (C=N–C) groups is 1. The van der Waals surface area contributed by atoms with E-state index in [1.165, 1.54) is 0 Å². The minimum Gasteiger partial charge on any atom is -0.495 e. The number of ether oxygens (including phenoxy) is 2. The van der Waals surface area contributed by atoms with Crippen molar-refractivity contribution in [2.75, 3.05) is 65.5 Å². The lowest BCUT2D eigenvalue weighted by atomic mass is 10.2. The smallest absolute Gasteiger partial charge is 0.193 e. The molecule has 1 aliphatic heterocycles. The van der Waals surface area contributed by atoms with Crippen molar-refractivity contribution in [3.05, 3.63) is 24.3 Å². The maximum atomic E-state index is 5.47. The Morgan fingerprint density at radius 3 is 2.57 bits per heavy atom. The number of hydrogen-bond acceptors (Lipinski definition) is 4. The van der Waals surface area contributed by atoms with Gasteiger partial charge in [-0.1, -0.05) is 12.1 Å². The monoisotopic (exact) mass is 320 g/mol. The Hall–Kier alpha value is -1.95. The fourth-order valence-corrected chi connectivity index (χ4v) is 2.80. The summed E-state index contributed by atoms with van der Waals surface area (Å²) in [5.74, 6) is 1.91. The van der Waals surface area contributed by atoms with E-state index in [4.69, 9.17) is 9.47 Å². The molecule has 1 saturated heterocycles. The van der Waals surface area contributed by atoms with Crippen molar-refractivity contribution < 1.29 is 9.47 Å². The predicted octanol–water partition coefficient (Wildman–Crippen LogP) is 1.43. The third-order valence-electron chi connectivity index (χ3n) is 4.03. The fourth-order valence-electron chi connectivity index (χ4n) is 2.80. The number of hydrogen-bond donors (Lipinski definition) is 1. The summed E-state index contributed by atoms with van der Waals surface area (Å²) < 4.78 is 10.5. The van der Waals surface area contributed by atoms with Crippen molar-refractivity contribution in [3.8, 4) is 5.75 Å². The third-order valence-corrected chi connectivity index (χ3v) is 4.03. The molecule has 1 fully saturated rings. The Morgan fingerprint density at radius 1 is 1.17 bits per heavy atom. The Kier molecular flexibility index (Phi) is 7.00. The SMILES string of the molecule is CN=C(NCCCOC)N1CCN(c2ccccc2OC)CC1. The molecule has 0 unspecified atom stereocenters. The van der Waals surface area contributed by atoms with Gasteiger partial charge in [-0.05, 0) is 18.6 Å². The fraction of sp³-hybridized carbons (Fsp3) is 0.588. The number of guanidine groups is 1. The second kappa shape index (κ2) is 9.25. The van der Waals surface area contributed by atoms with Gasteiger partial charge in [0.25, 0.3) is 0 Å². The molecule has 0 bridgehead atoms. The molecule has 0 atom stereocenters. The van der Waals surface area contributed by atoms with Gasteiger partial charge in [0.1, 0.15) is 5.75 Å². The molecule has 0 amide bonds. The topological polar surface area (TPSA) is 49.3 Å². The van der Waals surface area contributed by atoms with E-state index in [-0.39, 0.29) is 0 Å². The first-order chi connectivity index (χ1) is 11.3. The first-order valence-electron chi connectivity index (χ1n) is 8.12. The van der Waals surface area contributed by atoms with Crippen LogP contribution in [-0.2, 0) is 4.74 Å². The van der Waals surface area contributed by atoms with Gasteiger partial charge in [-0.2, -0.15) is 0 Å². The Bertz CT molecular complexity index is 499. The summed E-state index contributed by atoms with van der Waals surface area (Å²) in [6, 6.07) is 8.19. The van der Waals surface area contributed by atoms with Crippen LogP contribution in [0.4, 0.5) is 5.69 Å². The molecule has 0 aliphatic carbocycles. The second-order valence-electron chi connectivity index (χ2n) is 5.47. The molecule has 1 N–H and O–H groups in total. The van der Waals surface area contributed by atoms with E-state index in [1.54, 1.807) is 14.2 Å². The van der Waals surface area contributed by atoms with Gasteiger partial charge in [-0.3, -0.25) is 4.99 Å². The molecular formula is C17H28N4O2. The highest BCUT2D eigenvalue weighted by atomic mass is 16.5. The van der Waals surface area contributed by atoms with Gasteiger partial charge >= 0.3 is 0 Å². The van der Waals surface area contributed by atoms with E-state index >= 15 is 0 Å². The minimum absolute atomic E-state index is 0.769. The first kappa shape index (κ1) is 17.4. The summed E-state index contributed by atoms with van der Waals surface area (Å²) in [6.07, 6.45) is 0.983. The lowest BCUT2D eigenvalue weighted by Gasteiger charge is -2.38. The first-order valence-corrected chi connectivity index (χ1v) is 8.12. The van der Waals surface area contributed by atoms with Crippen LogP contribution in [0.1, 0.15) is 6.42 Å². The lowest BCUT2D eigenvalue weighted by molar-refractivity contribution is 0.195. The highest BCUT2D eigenvalue weighted by molar-refractivity contribution is 5.80. The molecule has 23 heavy (non-hydrogen) atoms. The van der Waals surface area contributed by atoms with Crippen LogP contribution in [0.25, 0.3) is 0 Å². The van der Waals surface area contributed by atoms with Crippen LogP contribution in [0.2, 0.25) is 0 Å². The quantitative estimate of drug-likeness (QED) is 0.488. The van der Waals surface area contributed by atoms with Crippen LogP contribution in [0.3, 0.4) is 0 Å².